The van der Waals surface area contributed by atoms with Crippen LogP contribution in [0.15, 0.2) is 18.2 Å². The third-order valence-corrected chi connectivity index (χ3v) is 2.90. The molecule has 0 aliphatic heterocycles. The van der Waals surface area contributed by atoms with Gasteiger partial charge in [0.2, 0.25) is 0 Å². The molecule has 1 unspecified atom stereocenters. The van der Waals surface area contributed by atoms with E-state index in [-0.39, 0.29) is 12.6 Å². The third-order valence-electron chi connectivity index (χ3n) is 2.90. The van der Waals surface area contributed by atoms with Crippen LogP contribution in [0.25, 0.3) is 0 Å². The molecule has 0 aliphatic carbocycles. The lowest BCUT2D eigenvalue weighted by Crippen LogP contribution is -2.42. The quantitative estimate of drug-likeness (QED) is 0.784. The summed E-state index contributed by atoms with van der Waals surface area (Å²) < 4.78 is 10.4. The highest BCUT2D eigenvalue weighted by atomic mass is 16.5. The molecule has 0 aromatic heterocycles. The van der Waals surface area contributed by atoms with Crippen LogP contribution in [0.2, 0.25) is 0 Å². The Kier molecular flexibility index (Phi) is 5.65. The van der Waals surface area contributed by atoms with Gasteiger partial charge in [0, 0.05) is 0 Å². The second kappa shape index (κ2) is 7.01. The van der Waals surface area contributed by atoms with Gasteiger partial charge in [-0.3, -0.25) is 4.79 Å². The van der Waals surface area contributed by atoms with Crippen molar-refractivity contribution < 1.29 is 14.3 Å². The Hall–Kier alpha value is -1.55. The van der Waals surface area contributed by atoms with Crippen LogP contribution in [0.4, 0.5) is 0 Å². The molecule has 4 nitrogen and oxygen atoms in total. The number of nitrogens with one attached hydrogen (secondary N) is 1. The van der Waals surface area contributed by atoms with Crippen LogP contribution in [0.1, 0.15) is 18.1 Å². The molecule has 4 heteroatoms. The molecule has 0 amide bonds. The number of hydrogen-bond donors (Lipinski definition) is 1. The fourth-order valence-corrected chi connectivity index (χ4v) is 1.65. The monoisotopic (exact) mass is 251 g/mol. The molecule has 0 fully saturated rings. The van der Waals surface area contributed by atoms with Crippen molar-refractivity contribution in [1.29, 1.82) is 0 Å². The van der Waals surface area contributed by atoms with E-state index in [2.05, 4.69) is 5.32 Å². The van der Waals surface area contributed by atoms with E-state index in [4.69, 9.17) is 9.47 Å². The normalized spacial score (nSPS) is 12.0. The maximum atomic E-state index is 11.5. The Labute approximate surface area is 108 Å². The van der Waals surface area contributed by atoms with Crippen molar-refractivity contribution in [2.75, 3.05) is 20.3 Å². The molecule has 1 atom stereocenters. The van der Waals surface area contributed by atoms with Crippen molar-refractivity contribution in [3.63, 3.8) is 0 Å². The van der Waals surface area contributed by atoms with Crippen molar-refractivity contribution in [2.24, 2.45) is 0 Å². The Morgan fingerprint density at radius 3 is 2.72 bits per heavy atom. The molecule has 1 aromatic carbocycles. The molecule has 0 bridgehead atoms. The molecule has 0 aliphatic rings. The average Bonchev–Trinajstić information content (AvgIpc) is 2.38. The van der Waals surface area contributed by atoms with Crippen molar-refractivity contribution >= 4 is 5.97 Å². The Morgan fingerprint density at radius 1 is 1.39 bits per heavy atom. The van der Waals surface area contributed by atoms with E-state index >= 15 is 0 Å². The van der Waals surface area contributed by atoms with Gasteiger partial charge in [0.05, 0.1) is 7.11 Å². The largest absolute Gasteiger partial charge is 0.491 e. The predicted molar refractivity (Wildman–Crippen MR) is 70.9 cm³/mol. The molecule has 0 radical (unpaired) electrons. The maximum absolute atomic E-state index is 11.5. The standard InChI is InChI=1S/C14H21NO3/c1-5-15-12(14(16)17-4)9-18-13-8-6-7-10(2)11(13)3/h6-8,12,15H,5,9H2,1-4H3. The SMILES string of the molecule is CCNC(COc1cccc(C)c1C)C(=O)OC. The lowest BCUT2D eigenvalue weighted by atomic mass is 10.1. The zero-order chi connectivity index (χ0) is 13.5. The predicted octanol–water partition coefficient (Wildman–Crippen LogP) is 1.83. The van der Waals surface area contributed by atoms with E-state index in [1.807, 2.05) is 39.0 Å². The van der Waals surface area contributed by atoms with Crippen LogP contribution in [0.5, 0.6) is 5.75 Å². The smallest absolute Gasteiger partial charge is 0.326 e. The van der Waals surface area contributed by atoms with Crippen LogP contribution in [0, 0.1) is 13.8 Å². The highest BCUT2D eigenvalue weighted by molar-refractivity contribution is 5.75. The fraction of sp³-hybridized carbons (Fsp3) is 0.500. The number of esters is 1. The van der Waals surface area contributed by atoms with E-state index in [0.29, 0.717) is 6.54 Å². The average molecular weight is 251 g/mol. The number of likely N-dealkylation sites (N-methyl/N-ethyl adjacent to an activating group) is 1. The number of aryl methyl sites for hydroxylation is 1. The summed E-state index contributed by atoms with van der Waals surface area (Å²) in [6, 6.07) is 5.45. The third kappa shape index (κ3) is 3.74. The van der Waals surface area contributed by atoms with Gasteiger partial charge in [-0.25, -0.2) is 0 Å². The lowest BCUT2D eigenvalue weighted by Gasteiger charge is -2.17. The van der Waals surface area contributed by atoms with E-state index in [0.717, 1.165) is 11.3 Å². The van der Waals surface area contributed by atoms with E-state index in [1.54, 1.807) is 0 Å². The van der Waals surface area contributed by atoms with Crippen LogP contribution >= 0.6 is 0 Å². The van der Waals surface area contributed by atoms with Crippen LogP contribution in [0.3, 0.4) is 0 Å². The zero-order valence-corrected chi connectivity index (χ0v) is 11.4. The first-order valence-corrected chi connectivity index (χ1v) is 6.10. The first-order valence-electron chi connectivity index (χ1n) is 6.10. The number of hydrogen-bond acceptors (Lipinski definition) is 4. The molecule has 1 rings (SSSR count). The minimum Gasteiger partial charge on any atom is -0.491 e. The lowest BCUT2D eigenvalue weighted by molar-refractivity contribution is -0.143. The molecule has 0 heterocycles. The summed E-state index contributed by atoms with van der Waals surface area (Å²) >= 11 is 0. The highest BCUT2D eigenvalue weighted by Gasteiger charge is 2.18. The van der Waals surface area contributed by atoms with E-state index < -0.39 is 6.04 Å². The summed E-state index contributed by atoms with van der Waals surface area (Å²) in [5.74, 6) is 0.504. The second-order valence-electron chi connectivity index (χ2n) is 4.14. The molecule has 0 saturated heterocycles. The van der Waals surface area contributed by atoms with Gasteiger partial charge in [0.1, 0.15) is 18.4 Å². The summed E-state index contributed by atoms with van der Waals surface area (Å²) in [5.41, 5.74) is 2.27. The number of methoxy groups -OCH3 is 1. The Bertz CT molecular complexity index is 404. The first kappa shape index (κ1) is 14.5. The molecule has 0 saturated carbocycles. The van der Waals surface area contributed by atoms with E-state index in [9.17, 15) is 4.79 Å². The summed E-state index contributed by atoms with van der Waals surface area (Å²) in [6.45, 7) is 6.93. The number of benzene rings is 1. The molecular formula is C14H21NO3. The van der Waals surface area contributed by atoms with Crippen LogP contribution in [-0.2, 0) is 9.53 Å². The number of carbonyl (C=O) groups excluding carboxylic acids is 1. The van der Waals surface area contributed by atoms with Gasteiger partial charge in [0.25, 0.3) is 0 Å². The topological polar surface area (TPSA) is 47.6 Å². The van der Waals surface area contributed by atoms with Crippen molar-refractivity contribution in [3.8, 4) is 5.75 Å². The Morgan fingerprint density at radius 2 is 2.11 bits per heavy atom. The second-order valence-corrected chi connectivity index (χ2v) is 4.14. The van der Waals surface area contributed by atoms with Crippen LogP contribution < -0.4 is 10.1 Å². The molecule has 1 aromatic rings. The van der Waals surface area contributed by atoms with Crippen LogP contribution in [-0.4, -0.2) is 32.3 Å². The number of rotatable bonds is 6. The maximum Gasteiger partial charge on any atom is 0.326 e. The Balaban J connectivity index is 2.67. The summed E-state index contributed by atoms with van der Waals surface area (Å²) in [5, 5.41) is 3.04. The summed E-state index contributed by atoms with van der Waals surface area (Å²) in [4.78, 5) is 11.5. The number of ether oxygens (including phenoxy) is 2. The van der Waals surface area contributed by atoms with Crippen molar-refractivity contribution in [3.05, 3.63) is 29.3 Å². The molecule has 100 valence electrons. The number of carbonyl (C=O) groups is 1. The molecule has 0 spiro atoms. The highest BCUT2D eigenvalue weighted by Crippen LogP contribution is 2.20. The molecular weight excluding hydrogens is 230 g/mol. The summed E-state index contributed by atoms with van der Waals surface area (Å²) in [7, 11) is 1.38. The van der Waals surface area contributed by atoms with Crippen molar-refractivity contribution in [1.82, 2.24) is 5.32 Å². The van der Waals surface area contributed by atoms with Gasteiger partial charge < -0.3 is 14.8 Å². The van der Waals surface area contributed by atoms with E-state index in [1.165, 1.54) is 12.7 Å². The van der Waals surface area contributed by atoms with Gasteiger partial charge in [-0.1, -0.05) is 19.1 Å². The minimum atomic E-state index is -0.431. The molecule has 18 heavy (non-hydrogen) atoms. The zero-order valence-electron chi connectivity index (χ0n) is 11.4. The van der Waals surface area contributed by atoms with Gasteiger partial charge in [-0.15, -0.1) is 0 Å². The van der Waals surface area contributed by atoms with Gasteiger partial charge >= 0.3 is 5.97 Å². The molecule has 1 N–H and O–H groups in total. The van der Waals surface area contributed by atoms with Gasteiger partial charge in [0.15, 0.2) is 0 Å². The van der Waals surface area contributed by atoms with Gasteiger partial charge in [-0.05, 0) is 37.6 Å². The minimum absolute atomic E-state index is 0.269. The fourth-order valence-electron chi connectivity index (χ4n) is 1.65. The summed E-state index contributed by atoms with van der Waals surface area (Å²) in [6.07, 6.45) is 0. The first-order chi connectivity index (χ1) is 8.60. The van der Waals surface area contributed by atoms with Gasteiger partial charge in [-0.2, -0.15) is 0 Å². The van der Waals surface area contributed by atoms with Crippen molar-refractivity contribution in [2.45, 2.75) is 26.8 Å².